The molecule has 1 aliphatic heterocycles. The van der Waals surface area contributed by atoms with Crippen LogP contribution in [0.2, 0.25) is 0 Å². The number of amides is 1. The molecule has 0 aliphatic carbocycles. The topological polar surface area (TPSA) is 96.2 Å². The Morgan fingerprint density at radius 1 is 1.08 bits per heavy atom. The van der Waals surface area contributed by atoms with E-state index < -0.39 is 17.5 Å². The third-order valence-corrected chi connectivity index (χ3v) is 6.66. The fourth-order valence-electron chi connectivity index (χ4n) is 4.77. The van der Waals surface area contributed by atoms with Crippen LogP contribution in [0.25, 0.3) is 27.8 Å². The number of pyridine rings is 1. The zero-order chi connectivity index (χ0) is 26.2. The number of hydrogen-bond acceptors (Lipinski definition) is 6. The highest BCUT2D eigenvalue weighted by atomic mass is 19.1. The largest absolute Gasteiger partial charge is 0.350 e. The third-order valence-electron chi connectivity index (χ3n) is 6.66. The zero-order valence-corrected chi connectivity index (χ0v) is 20.6. The number of piperidine rings is 1. The van der Waals surface area contributed by atoms with Crippen LogP contribution < -0.4 is 16.0 Å². The maximum absolute atomic E-state index is 15.1. The number of benzene rings is 2. The number of nitrogens with one attached hydrogen (secondary N) is 3. The predicted molar refractivity (Wildman–Crippen MR) is 142 cm³/mol. The van der Waals surface area contributed by atoms with Crippen molar-refractivity contribution >= 4 is 34.2 Å². The molecule has 10 heteroatoms. The standard InChI is InChI=1S/C28H25F2N7O/c1-16-15-37-25-19(13-32-28(36-25)34-21-3-2-10-31-14-21)11-22(26(37)33-16)18-6-9-24(23(30)12-18)35-27(38)17-4-7-20(29)8-5-17/h4-9,11-13,15,21,31H,2-3,10,14H2,1H3,(H,35,38)(H,32,34,36). The van der Waals surface area contributed by atoms with Gasteiger partial charge in [0.2, 0.25) is 5.95 Å². The van der Waals surface area contributed by atoms with Crippen molar-refractivity contribution in [2.75, 3.05) is 23.7 Å². The van der Waals surface area contributed by atoms with Gasteiger partial charge in [0.15, 0.2) is 5.65 Å². The van der Waals surface area contributed by atoms with E-state index in [1.54, 1.807) is 12.3 Å². The quantitative estimate of drug-likeness (QED) is 0.308. The monoisotopic (exact) mass is 513 g/mol. The Morgan fingerprint density at radius 2 is 1.92 bits per heavy atom. The number of hydrogen-bond donors (Lipinski definition) is 3. The van der Waals surface area contributed by atoms with Crippen LogP contribution in [-0.4, -0.2) is 44.4 Å². The Bertz CT molecular complexity index is 1660. The van der Waals surface area contributed by atoms with Crippen molar-refractivity contribution < 1.29 is 13.6 Å². The highest BCUT2D eigenvalue weighted by Crippen LogP contribution is 2.31. The van der Waals surface area contributed by atoms with E-state index in [1.807, 2.05) is 23.6 Å². The van der Waals surface area contributed by atoms with Gasteiger partial charge in [0.05, 0.1) is 11.4 Å². The van der Waals surface area contributed by atoms with Gasteiger partial charge in [-0.15, -0.1) is 0 Å². The molecule has 0 radical (unpaired) electrons. The molecule has 1 amide bonds. The smallest absolute Gasteiger partial charge is 0.255 e. The van der Waals surface area contributed by atoms with Crippen LogP contribution in [0, 0.1) is 18.6 Å². The van der Waals surface area contributed by atoms with Gasteiger partial charge in [0, 0.05) is 41.5 Å². The zero-order valence-electron chi connectivity index (χ0n) is 20.6. The number of carbonyl (C=O) groups is 1. The van der Waals surface area contributed by atoms with E-state index in [4.69, 9.17) is 4.98 Å². The average Bonchev–Trinajstić information content (AvgIpc) is 3.32. The van der Waals surface area contributed by atoms with Gasteiger partial charge >= 0.3 is 0 Å². The number of nitrogens with zero attached hydrogens (tertiary/aromatic N) is 4. The van der Waals surface area contributed by atoms with Crippen LogP contribution in [0.15, 0.2) is 60.9 Å². The molecule has 1 fully saturated rings. The van der Waals surface area contributed by atoms with Crippen molar-refractivity contribution in [3.8, 4) is 11.1 Å². The fourth-order valence-corrected chi connectivity index (χ4v) is 4.77. The summed E-state index contributed by atoms with van der Waals surface area (Å²) in [6, 6.07) is 11.8. The lowest BCUT2D eigenvalue weighted by Crippen LogP contribution is -2.38. The molecule has 5 aromatic rings. The maximum Gasteiger partial charge on any atom is 0.255 e. The molecule has 1 saturated heterocycles. The Hall–Kier alpha value is -4.44. The minimum absolute atomic E-state index is 0.0238. The van der Waals surface area contributed by atoms with Gasteiger partial charge < -0.3 is 16.0 Å². The van der Waals surface area contributed by atoms with Crippen molar-refractivity contribution in [3.63, 3.8) is 0 Å². The van der Waals surface area contributed by atoms with Gasteiger partial charge in [0.1, 0.15) is 17.3 Å². The Labute approximate surface area is 217 Å². The summed E-state index contributed by atoms with van der Waals surface area (Å²) in [6.07, 6.45) is 5.81. The summed E-state index contributed by atoms with van der Waals surface area (Å²) in [5, 5.41) is 10.1. The van der Waals surface area contributed by atoms with E-state index in [0.29, 0.717) is 28.4 Å². The molecule has 38 heavy (non-hydrogen) atoms. The number of aromatic nitrogens is 4. The van der Waals surface area contributed by atoms with E-state index in [0.717, 1.165) is 37.0 Å². The summed E-state index contributed by atoms with van der Waals surface area (Å²) in [6.45, 7) is 3.79. The first-order valence-corrected chi connectivity index (χ1v) is 12.4. The first-order valence-electron chi connectivity index (χ1n) is 12.4. The molecule has 4 heterocycles. The van der Waals surface area contributed by atoms with Crippen LogP contribution >= 0.6 is 0 Å². The maximum atomic E-state index is 15.1. The second kappa shape index (κ2) is 9.79. The van der Waals surface area contributed by atoms with Crippen LogP contribution in [-0.2, 0) is 0 Å². The minimum atomic E-state index is -0.601. The molecule has 1 unspecified atom stereocenters. The summed E-state index contributed by atoms with van der Waals surface area (Å²) < 4.78 is 30.2. The number of anilines is 2. The number of fused-ring (bicyclic) bond motifs is 3. The number of carbonyl (C=O) groups excluding carboxylic acids is 1. The molecule has 1 atom stereocenters. The van der Waals surface area contributed by atoms with Crippen molar-refractivity contribution in [2.24, 2.45) is 0 Å². The molecular weight excluding hydrogens is 488 g/mol. The van der Waals surface area contributed by atoms with E-state index in [1.165, 1.54) is 36.4 Å². The van der Waals surface area contributed by atoms with E-state index in [-0.39, 0.29) is 17.3 Å². The highest BCUT2D eigenvalue weighted by molar-refractivity contribution is 6.04. The number of aryl methyl sites for hydroxylation is 1. The SMILES string of the molecule is Cc1cn2c(n1)c(-c1ccc(NC(=O)c3ccc(F)cc3)c(F)c1)cc1cnc(NC3CCCNC3)nc12. The van der Waals surface area contributed by atoms with E-state index in [9.17, 15) is 9.18 Å². The van der Waals surface area contributed by atoms with Gasteiger partial charge in [-0.2, -0.15) is 4.98 Å². The summed E-state index contributed by atoms with van der Waals surface area (Å²) in [5.41, 5.74) is 3.70. The summed E-state index contributed by atoms with van der Waals surface area (Å²) in [4.78, 5) is 26.4. The van der Waals surface area contributed by atoms with Crippen molar-refractivity contribution in [1.82, 2.24) is 24.7 Å². The minimum Gasteiger partial charge on any atom is -0.350 e. The predicted octanol–water partition coefficient (Wildman–Crippen LogP) is 4.95. The second-order valence-electron chi connectivity index (χ2n) is 9.45. The molecule has 6 rings (SSSR count). The number of imidazole rings is 1. The molecule has 0 saturated carbocycles. The van der Waals surface area contributed by atoms with E-state index in [2.05, 4.69) is 25.9 Å². The highest BCUT2D eigenvalue weighted by Gasteiger charge is 2.18. The number of rotatable bonds is 5. The molecule has 0 spiro atoms. The molecule has 1 aliphatic rings. The first-order chi connectivity index (χ1) is 18.4. The fraction of sp³-hybridized carbons (Fsp3) is 0.214. The lowest BCUT2D eigenvalue weighted by atomic mass is 10.0. The van der Waals surface area contributed by atoms with Crippen molar-refractivity contribution in [3.05, 3.63) is 83.8 Å². The Morgan fingerprint density at radius 3 is 2.68 bits per heavy atom. The van der Waals surface area contributed by atoms with Crippen LogP contribution in [0.4, 0.5) is 20.4 Å². The van der Waals surface area contributed by atoms with Gasteiger partial charge in [-0.05, 0) is 74.3 Å². The van der Waals surface area contributed by atoms with Crippen molar-refractivity contribution in [2.45, 2.75) is 25.8 Å². The summed E-state index contributed by atoms with van der Waals surface area (Å²) >= 11 is 0. The Kier molecular flexibility index (Phi) is 6.16. The normalized spacial score (nSPS) is 15.6. The summed E-state index contributed by atoms with van der Waals surface area (Å²) in [5.74, 6) is -1.03. The van der Waals surface area contributed by atoms with Crippen LogP contribution in [0.5, 0.6) is 0 Å². The van der Waals surface area contributed by atoms with Crippen molar-refractivity contribution in [1.29, 1.82) is 0 Å². The molecule has 192 valence electrons. The van der Waals surface area contributed by atoms with E-state index >= 15 is 4.39 Å². The lowest BCUT2D eigenvalue weighted by molar-refractivity contribution is 0.102. The molecule has 3 aromatic heterocycles. The van der Waals surface area contributed by atoms with Gasteiger partial charge in [-0.3, -0.25) is 9.20 Å². The number of halogens is 2. The summed E-state index contributed by atoms with van der Waals surface area (Å²) in [7, 11) is 0. The third kappa shape index (κ3) is 4.66. The van der Waals surface area contributed by atoms with Gasteiger partial charge in [0.25, 0.3) is 5.91 Å². The molecule has 3 N–H and O–H groups in total. The Balaban J connectivity index is 1.33. The lowest BCUT2D eigenvalue weighted by Gasteiger charge is -2.23. The molecule has 2 aromatic carbocycles. The molecule has 0 bridgehead atoms. The first kappa shape index (κ1) is 23.9. The average molecular weight is 514 g/mol. The molecular formula is C28H25F2N7O. The van der Waals surface area contributed by atoms with Gasteiger partial charge in [-0.1, -0.05) is 6.07 Å². The second-order valence-corrected chi connectivity index (χ2v) is 9.45. The van der Waals surface area contributed by atoms with Crippen LogP contribution in [0.1, 0.15) is 28.9 Å². The van der Waals surface area contributed by atoms with Crippen LogP contribution in [0.3, 0.4) is 0 Å². The van der Waals surface area contributed by atoms with Gasteiger partial charge in [-0.25, -0.2) is 18.7 Å². The molecule has 8 nitrogen and oxygen atoms in total.